The van der Waals surface area contributed by atoms with Gasteiger partial charge >= 0.3 is 0 Å². The minimum Gasteiger partial charge on any atom is -0.492 e. The fraction of sp³-hybridized carbons (Fsp3) is 0.211. The Balaban J connectivity index is 1.95. The van der Waals surface area contributed by atoms with Gasteiger partial charge in [-0.3, -0.25) is 14.5 Å². The number of nitrogens with zero attached hydrogens (tertiary/aromatic N) is 3. The third-order valence-electron chi connectivity index (χ3n) is 3.90. The van der Waals surface area contributed by atoms with E-state index >= 15 is 0 Å². The van der Waals surface area contributed by atoms with Crippen LogP contribution in [0.2, 0.25) is 5.02 Å². The standard InChI is InChI=1S/C19H20ClN5O2/c1-12-7-13(10-22-9-12)19(26)24-14-3-4-17(27-6-5-21)15(8-14)18-16(20)11-23-25(18)2/h3-4,7-11H,5-6,21H2,1-2H3,(H,24,26). The molecule has 7 nitrogen and oxygen atoms in total. The minimum atomic E-state index is -0.246. The molecule has 2 heterocycles. The number of carbonyl (C=O) groups excluding carboxylic acids is 1. The molecule has 0 aliphatic rings. The molecule has 0 aliphatic heterocycles. The quantitative estimate of drug-likeness (QED) is 0.680. The number of anilines is 1. The molecule has 0 spiro atoms. The normalized spacial score (nSPS) is 10.7. The van der Waals surface area contributed by atoms with Crippen LogP contribution in [0.4, 0.5) is 5.69 Å². The zero-order chi connectivity index (χ0) is 19.4. The van der Waals surface area contributed by atoms with Gasteiger partial charge in [0.1, 0.15) is 12.4 Å². The first kappa shape index (κ1) is 18.9. The van der Waals surface area contributed by atoms with Crippen LogP contribution in [0.3, 0.4) is 0 Å². The average Bonchev–Trinajstić information content (AvgIpc) is 2.99. The van der Waals surface area contributed by atoms with Crippen molar-refractivity contribution < 1.29 is 9.53 Å². The van der Waals surface area contributed by atoms with Crippen molar-refractivity contribution in [3.63, 3.8) is 0 Å². The number of carbonyl (C=O) groups is 1. The van der Waals surface area contributed by atoms with Crippen LogP contribution in [-0.2, 0) is 7.05 Å². The zero-order valence-corrected chi connectivity index (χ0v) is 15.8. The van der Waals surface area contributed by atoms with E-state index < -0.39 is 0 Å². The number of pyridine rings is 1. The number of nitrogens with one attached hydrogen (secondary N) is 1. The molecule has 0 radical (unpaired) electrons. The van der Waals surface area contributed by atoms with Gasteiger partial charge in [-0.1, -0.05) is 11.6 Å². The van der Waals surface area contributed by atoms with Crippen LogP contribution in [0.25, 0.3) is 11.3 Å². The van der Waals surface area contributed by atoms with E-state index in [1.54, 1.807) is 48.4 Å². The van der Waals surface area contributed by atoms with Crippen molar-refractivity contribution in [3.8, 4) is 17.0 Å². The molecule has 3 rings (SSSR count). The maximum absolute atomic E-state index is 12.5. The molecule has 8 heteroatoms. The lowest BCUT2D eigenvalue weighted by Crippen LogP contribution is -2.13. The Hall–Kier alpha value is -2.90. The lowest BCUT2D eigenvalue weighted by atomic mass is 10.1. The molecule has 3 N–H and O–H groups in total. The molecule has 1 aromatic carbocycles. The van der Waals surface area contributed by atoms with Gasteiger partial charge in [0.2, 0.25) is 0 Å². The second kappa shape index (κ2) is 8.20. The number of benzene rings is 1. The first-order chi connectivity index (χ1) is 13.0. The third kappa shape index (κ3) is 4.27. The van der Waals surface area contributed by atoms with Gasteiger partial charge in [0, 0.05) is 37.2 Å². The van der Waals surface area contributed by atoms with Gasteiger partial charge in [-0.05, 0) is 36.8 Å². The average molecular weight is 386 g/mol. The van der Waals surface area contributed by atoms with Crippen LogP contribution in [0, 0.1) is 6.92 Å². The second-order valence-corrected chi connectivity index (χ2v) is 6.43. The Morgan fingerprint density at radius 2 is 2.11 bits per heavy atom. The van der Waals surface area contributed by atoms with E-state index in [2.05, 4.69) is 15.4 Å². The Kier molecular flexibility index (Phi) is 5.73. The maximum atomic E-state index is 12.5. The maximum Gasteiger partial charge on any atom is 0.257 e. The van der Waals surface area contributed by atoms with Crippen molar-refractivity contribution in [2.75, 3.05) is 18.5 Å². The predicted molar refractivity (Wildman–Crippen MR) is 105 cm³/mol. The van der Waals surface area contributed by atoms with Crippen LogP contribution >= 0.6 is 11.6 Å². The van der Waals surface area contributed by atoms with Crippen LogP contribution in [-0.4, -0.2) is 33.8 Å². The summed E-state index contributed by atoms with van der Waals surface area (Å²) in [6.07, 6.45) is 4.79. The first-order valence-corrected chi connectivity index (χ1v) is 8.75. The molecule has 0 fully saturated rings. The zero-order valence-electron chi connectivity index (χ0n) is 15.1. The molecular weight excluding hydrogens is 366 g/mol. The number of halogens is 1. The fourth-order valence-electron chi connectivity index (χ4n) is 2.68. The predicted octanol–water partition coefficient (Wildman–Crippen LogP) is 3.03. The number of nitrogens with two attached hydrogens (primary N) is 1. The SMILES string of the molecule is Cc1cncc(C(=O)Nc2ccc(OCCN)c(-c3c(Cl)cnn3C)c2)c1. The third-order valence-corrected chi connectivity index (χ3v) is 4.18. The Labute approximate surface area is 162 Å². The van der Waals surface area contributed by atoms with Crippen molar-refractivity contribution in [3.05, 3.63) is 59.0 Å². The molecule has 0 saturated carbocycles. The van der Waals surface area contributed by atoms with Gasteiger partial charge in [-0.2, -0.15) is 5.10 Å². The summed E-state index contributed by atoms with van der Waals surface area (Å²) in [5, 5.41) is 7.54. The van der Waals surface area contributed by atoms with Crippen molar-refractivity contribution in [2.45, 2.75) is 6.92 Å². The molecule has 0 atom stereocenters. The van der Waals surface area contributed by atoms with Crippen molar-refractivity contribution in [2.24, 2.45) is 12.8 Å². The molecule has 1 amide bonds. The lowest BCUT2D eigenvalue weighted by Gasteiger charge is -2.14. The Bertz CT molecular complexity index is 951. The highest BCUT2D eigenvalue weighted by molar-refractivity contribution is 6.33. The van der Waals surface area contributed by atoms with Gasteiger partial charge < -0.3 is 15.8 Å². The Morgan fingerprint density at radius 1 is 1.30 bits per heavy atom. The topological polar surface area (TPSA) is 95.1 Å². The van der Waals surface area contributed by atoms with Crippen molar-refractivity contribution in [1.82, 2.24) is 14.8 Å². The number of hydrogen-bond donors (Lipinski definition) is 2. The summed E-state index contributed by atoms with van der Waals surface area (Å²) in [6.45, 7) is 2.64. The summed E-state index contributed by atoms with van der Waals surface area (Å²) in [4.78, 5) is 16.6. The molecule has 0 bridgehead atoms. The Morgan fingerprint density at radius 3 is 2.78 bits per heavy atom. The summed E-state index contributed by atoms with van der Waals surface area (Å²) in [5.41, 5.74) is 8.96. The van der Waals surface area contributed by atoms with Gasteiger partial charge in [-0.15, -0.1) is 0 Å². The van der Waals surface area contributed by atoms with E-state index in [4.69, 9.17) is 22.1 Å². The van der Waals surface area contributed by atoms with Crippen LogP contribution in [0.1, 0.15) is 15.9 Å². The molecule has 2 aromatic heterocycles. The summed E-state index contributed by atoms with van der Waals surface area (Å²) in [6, 6.07) is 7.12. The minimum absolute atomic E-state index is 0.246. The van der Waals surface area contributed by atoms with E-state index in [0.29, 0.717) is 46.4 Å². The van der Waals surface area contributed by atoms with E-state index in [-0.39, 0.29) is 5.91 Å². The summed E-state index contributed by atoms with van der Waals surface area (Å²) in [7, 11) is 1.79. The molecule has 0 saturated heterocycles. The first-order valence-electron chi connectivity index (χ1n) is 8.37. The van der Waals surface area contributed by atoms with Crippen LogP contribution in [0.15, 0.2) is 42.9 Å². The largest absolute Gasteiger partial charge is 0.492 e. The van der Waals surface area contributed by atoms with E-state index in [1.807, 2.05) is 6.92 Å². The van der Waals surface area contributed by atoms with Gasteiger partial charge in [0.25, 0.3) is 5.91 Å². The lowest BCUT2D eigenvalue weighted by molar-refractivity contribution is 0.102. The molecule has 27 heavy (non-hydrogen) atoms. The smallest absolute Gasteiger partial charge is 0.257 e. The highest BCUT2D eigenvalue weighted by Gasteiger charge is 2.16. The molecular formula is C19H20ClN5O2. The van der Waals surface area contributed by atoms with E-state index in [0.717, 1.165) is 5.56 Å². The van der Waals surface area contributed by atoms with Crippen LogP contribution in [0.5, 0.6) is 5.75 Å². The summed E-state index contributed by atoms with van der Waals surface area (Å²) >= 11 is 6.30. The molecule has 0 unspecified atom stereocenters. The fourth-order valence-corrected chi connectivity index (χ4v) is 2.95. The summed E-state index contributed by atoms with van der Waals surface area (Å²) in [5.74, 6) is 0.366. The number of ether oxygens (including phenoxy) is 1. The van der Waals surface area contributed by atoms with Crippen molar-refractivity contribution in [1.29, 1.82) is 0 Å². The number of aromatic nitrogens is 3. The van der Waals surface area contributed by atoms with Gasteiger partial charge in [-0.25, -0.2) is 0 Å². The van der Waals surface area contributed by atoms with Gasteiger partial charge in [0.15, 0.2) is 0 Å². The highest BCUT2D eigenvalue weighted by Crippen LogP contribution is 2.36. The molecule has 3 aromatic rings. The summed E-state index contributed by atoms with van der Waals surface area (Å²) < 4.78 is 7.39. The second-order valence-electron chi connectivity index (χ2n) is 6.02. The monoisotopic (exact) mass is 385 g/mol. The number of rotatable bonds is 6. The van der Waals surface area contributed by atoms with Crippen molar-refractivity contribution >= 4 is 23.2 Å². The number of hydrogen-bond acceptors (Lipinski definition) is 5. The number of amides is 1. The molecule has 0 aliphatic carbocycles. The van der Waals surface area contributed by atoms with Gasteiger partial charge in [0.05, 0.1) is 22.5 Å². The van der Waals surface area contributed by atoms with E-state index in [1.165, 1.54) is 6.20 Å². The van der Waals surface area contributed by atoms with Crippen LogP contribution < -0.4 is 15.8 Å². The van der Waals surface area contributed by atoms with E-state index in [9.17, 15) is 4.79 Å². The molecule has 140 valence electrons. The highest BCUT2D eigenvalue weighted by atomic mass is 35.5. The number of aryl methyl sites for hydroxylation is 2.